The van der Waals surface area contributed by atoms with Crippen molar-refractivity contribution in [1.82, 2.24) is 14.7 Å². The van der Waals surface area contributed by atoms with E-state index in [1.807, 2.05) is 32.0 Å². The van der Waals surface area contributed by atoms with Crippen molar-refractivity contribution in [3.05, 3.63) is 63.9 Å². The van der Waals surface area contributed by atoms with E-state index in [9.17, 15) is 9.59 Å². The van der Waals surface area contributed by atoms with Gasteiger partial charge in [-0.15, -0.1) is 5.10 Å². The molecule has 10 heteroatoms. The van der Waals surface area contributed by atoms with Gasteiger partial charge in [-0.25, -0.2) is 4.79 Å². The molecule has 0 spiro atoms. The van der Waals surface area contributed by atoms with Gasteiger partial charge in [0.2, 0.25) is 5.75 Å². The standard InChI is InChI=1S/C26H31N5O5/c1-17-6-7-20(14-18(17)2)31-24(32)9-8-23(28-31)29-10-12-30(13-11-29)26(33)27-19-15-21(34-3)25(36-5)22(16-19)35-4/h6-9,14-16H,10-13H2,1-5H3,(H,27,33). The molecule has 0 aliphatic carbocycles. The summed E-state index contributed by atoms with van der Waals surface area (Å²) in [6.45, 7) is 6.21. The lowest BCUT2D eigenvalue weighted by Gasteiger charge is -2.35. The second-order valence-electron chi connectivity index (χ2n) is 8.53. The van der Waals surface area contributed by atoms with Crippen molar-refractivity contribution in [3.63, 3.8) is 0 Å². The minimum Gasteiger partial charge on any atom is -0.493 e. The highest BCUT2D eigenvalue weighted by Crippen LogP contribution is 2.40. The first-order valence-corrected chi connectivity index (χ1v) is 11.6. The lowest BCUT2D eigenvalue weighted by Crippen LogP contribution is -2.50. The van der Waals surface area contributed by atoms with Crippen LogP contribution < -0.4 is 30.0 Å². The number of hydrogen-bond donors (Lipinski definition) is 1. The van der Waals surface area contributed by atoms with Crippen LogP contribution in [0.1, 0.15) is 11.1 Å². The van der Waals surface area contributed by atoms with Crippen LogP contribution in [0.25, 0.3) is 5.69 Å². The maximum Gasteiger partial charge on any atom is 0.321 e. The van der Waals surface area contributed by atoms with E-state index in [1.54, 1.807) is 23.1 Å². The Hall–Kier alpha value is -4.21. The third-order valence-corrected chi connectivity index (χ3v) is 6.33. The van der Waals surface area contributed by atoms with E-state index < -0.39 is 0 Å². The lowest BCUT2D eigenvalue weighted by atomic mass is 10.1. The zero-order chi connectivity index (χ0) is 25.8. The molecule has 0 atom stereocenters. The van der Waals surface area contributed by atoms with E-state index >= 15 is 0 Å². The number of amides is 2. The first-order valence-electron chi connectivity index (χ1n) is 11.6. The van der Waals surface area contributed by atoms with Gasteiger partial charge in [0, 0.05) is 44.4 Å². The molecule has 3 aromatic rings. The highest BCUT2D eigenvalue weighted by molar-refractivity contribution is 5.90. The maximum absolute atomic E-state index is 12.9. The summed E-state index contributed by atoms with van der Waals surface area (Å²) >= 11 is 0. The molecule has 0 unspecified atom stereocenters. The molecule has 10 nitrogen and oxygen atoms in total. The highest BCUT2D eigenvalue weighted by Gasteiger charge is 2.23. The van der Waals surface area contributed by atoms with Gasteiger partial charge in [-0.1, -0.05) is 6.07 Å². The molecule has 2 heterocycles. The second-order valence-corrected chi connectivity index (χ2v) is 8.53. The number of benzene rings is 2. The Bertz CT molecular complexity index is 1290. The molecule has 36 heavy (non-hydrogen) atoms. The van der Waals surface area contributed by atoms with Crippen molar-refractivity contribution in [2.24, 2.45) is 0 Å². The quantitative estimate of drug-likeness (QED) is 0.563. The summed E-state index contributed by atoms with van der Waals surface area (Å²) in [4.78, 5) is 29.2. The van der Waals surface area contributed by atoms with Gasteiger partial charge in [-0.3, -0.25) is 4.79 Å². The molecule has 1 fully saturated rings. The van der Waals surface area contributed by atoms with Gasteiger partial charge in [0.1, 0.15) is 5.82 Å². The molecule has 1 aliphatic rings. The van der Waals surface area contributed by atoms with Gasteiger partial charge >= 0.3 is 6.03 Å². The zero-order valence-corrected chi connectivity index (χ0v) is 21.2. The summed E-state index contributed by atoms with van der Waals surface area (Å²) in [5.41, 5.74) is 3.33. The molecule has 2 aromatic carbocycles. The first-order chi connectivity index (χ1) is 17.3. The van der Waals surface area contributed by atoms with Gasteiger partial charge in [-0.2, -0.15) is 4.68 Å². The summed E-state index contributed by atoms with van der Waals surface area (Å²) in [6, 6.07) is 12.2. The fourth-order valence-corrected chi connectivity index (χ4v) is 4.11. The third kappa shape index (κ3) is 5.07. The number of aromatic nitrogens is 2. The van der Waals surface area contributed by atoms with Crippen molar-refractivity contribution < 1.29 is 19.0 Å². The number of rotatable bonds is 6. The third-order valence-electron chi connectivity index (χ3n) is 6.33. The number of nitrogens with zero attached hydrogens (tertiary/aromatic N) is 4. The predicted octanol–water partition coefficient (Wildman–Crippen LogP) is 3.23. The van der Waals surface area contributed by atoms with Crippen molar-refractivity contribution >= 4 is 17.5 Å². The van der Waals surface area contributed by atoms with Crippen LogP contribution in [-0.4, -0.2) is 68.2 Å². The van der Waals surface area contributed by atoms with Gasteiger partial charge in [0.15, 0.2) is 11.5 Å². The van der Waals surface area contributed by atoms with Gasteiger partial charge < -0.3 is 29.3 Å². The molecule has 1 N–H and O–H groups in total. The first kappa shape index (κ1) is 24.9. The number of carbonyl (C=O) groups excluding carboxylic acids is 1. The molecule has 0 radical (unpaired) electrons. The molecular formula is C26H31N5O5. The Morgan fingerprint density at radius 2 is 1.53 bits per heavy atom. The molecule has 190 valence electrons. The fraction of sp³-hybridized carbons (Fsp3) is 0.346. The molecule has 1 saturated heterocycles. The summed E-state index contributed by atoms with van der Waals surface area (Å²) < 4.78 is 17.5. The average Bonchev–Trinajstić information content (AvgIpc) is 2.90. The molecular weight excluding hydrogens is 462 g/mol. The number of aryl methyl sites for hydroxylation is 2. The SMILES string of the molecule is COc1cc(NC(=O)N2CCN(c3ccc(=O)n(-c4ccc(C)c(C)c4)n3)CC2)cc(OC)c1OC. The summed E-state index contributed by atoms with van der Waals surface area (Å²) in [5.74, 6) is 2.07. The summed E-state index contributed by atoms with van der Waals surface area (Å²) in [5, 5.41) is 7.51. The van der Waals surface area contributed by atoms with E-state index in [1.165, 1.54) is 32.1 Å². The van der Waals surface area contributed by atoms with Crippen molar-refractivity contribution in [2.75, 3.05) is 57.7 Å². The molecule has 2 amide bonds. The van der Waals surface area contributed by atoms with Crippen LogP contribution in [-0.2, 0) is 0 Å². The molecule has 0 bridgehead atoms. The van der Waals surface area contributed by atoms with Gasteiger partial charge in [0.25, 0.3) is 5.56 Å². The largest absolute Gasteiger partial charge is 0.493 e. The van der Waals surface area contributed by atoms with Gasteiger partial charge in [-0.05, 0) is 43.2 Å². The predicted molar refractivity (Wildman–Crippen MR) is 138 cm³/mol. The Balaban J connectivity index is 1.44. The summed E-state index contributed by atoms with van der Waals surface area (Å²) in [7, 11) is 4.58. The van der Waals surface area contributed by atoms with E-state index in [2.05, 4.69) is 15.3 Å². The number of hydrogen-bond acceptors (Lipinski definition) is 7. The summed E-state index contributed by atoms with van der Waals surface area (Å²) in [6.07, 6.45) is 0. The average molecular weight is 494 g/mol. The number of urea groups is 1. The van der Waals surface area contributed by atoms with Crippen molar-refractivity contribution in [3.8, 4) is 22.9 Å². The number of piperazine rings is 1. The minimum absolute atomic E-state index is 0.189. The number of carbonyl (C=O) groups is 1. The number of ether oxygens (including phenoxy) is 3. The van der Waals surface area contributed by atoms with E-state index in [0.717, 1.165) is 16.8 Å². The number of anilines is 2. The normalized spacial score (nSPS) is 13.4. The van der Waals surface area contributed by atoms with Crippen LogP contribution >= 0.6 is 0 Å². The number of nitrogens with one attached hydrogen (secondary N) is 1. The van der Waals surface area contributed by atoms with Crippen LogP contribution in [0.15, 0.2) is 47.3 Å². The van der Waals surface area contributed by atoms with E-state index in [-0.39, 0.29) is 11.6 Å². The Morgan fingerprint density at radius 3 is 2.11 bits per heavy atom. The topological polar surface area (TPSA) is 98.2 Å². The van der Waals surface area contributed by atoms with Crippen LogP contribution in [0.3, 0.4) is 0 Å². The lowest BCUT2D eigenvalue weighted by molar-refractivity contribution is 0.208. The Morgan fingerprint density at radius 1 is 0.861 bits per heavy atom. The van der Waals surface area contributed by atoms with E-state index in [4.69, 9.17) is 14.2 Å². The molecule has 1 aromatic heterocycles. The smallest absolute Gasteiger partial charge is 0.321 e. The Labute approximate surface area is 210 Å². The Kier molecular flexibility index (Phi) is 7.33. The van der Waals surface area contributed by atoms with Crippen molar-refractivity contribution in [2.45, 2.75) is 13.8 Å². The van der Waals surface area contributed by atoms with Gasteiger partial charge in [0.05, 0.1) is 32.7 Å². The van der Waals surface area contributed by atoms with Crippen LogP contribution in [0, 0.1) is 13.8 Å². The van der Waals surface area contributed by atoms with Crippen LogP contribution in [0.5, 0.6) is 17.2 Å². The van der Waals surface area contributed by atoms with E-state index in [0.29, 0.717) is 54.9 Å². The molecule has 1 aliphatic heterocycles. The molecule has 0 saturated carbocycles. The van der Waals surface area contributed by atoms with Crippen LogP contribution in [0.4, 0.5) is 16.3 Å². The van der Waals surface area contributed by atoms with Crippen molar-refractivity contribution in [1.29, 1.82) is 0 Å². The monoisotopic (exact) mass is 493 g/mol. The minimum atomic E-state index is -0.225. The molecule has 4 rings (SSSR count). The second kappa shape index (κ2) is 10.6. The van der Waals surface area contributed by atoms with Crippen LogP contribution in [0.2, 0.25) is 0 Å². The fourth-order valence-electron chi connectivity index (χ4n) is 4.11. The maximum atomic E-state index is 12.9. The number of methoxy groups -OCH3 is 3. The highest BCUT2D eigenvalue weighted by atomic mass is 16.5. The zero-order valence-electron chi connectivity index (χ0n) is 21.2.